The SMILES string of the molecule is Cc1cc(Oc2ccccc2F)ncc1-n1ncc(C(=O)c2cc3cc(OC(F)F)c(N4CCOCC4)cc3[nH]2)c1N. The van der Waals surface area contributed by atoms with Crippen molar-refractivity contribution >= 4 is 28.2 Å². The number of halogens is 3. The molecule has 0 atom stereocenters. The van der Waals surface area contributed by atoms with Gasteiger partial charge in [0.1, 0.15) is 11.6 Å². The number of benzene rings is 2. The van der Waals surface area contributed by atoms with E-state index in [1.807, 2.05) is 4.90 Å². The Hall–Kier alpha value is -5.04. The predicted molar refractivity (Wildman–Crippen MR) is 148 cm³/mol. The van der Waals surface area contributed by atoms with Crippen molar-refractivity contribution in [2.24, 2.45) is 0 Å². The van der Waals surface area contributed by atoms with Gasteiger partial charge in [-0.15, -0.1) is 0 Å². The van der Waals surface area contributed by atoms with Crippen LogP contribution in [-0.4, -0.2) is 58.4 Å². The van der Waals surface area contributed by atoms with Gasteiger partial charge < -0.3 is 29.8 Å². The lowest BCUT2D eigenvalue weighted by Gasteiger charge is -2.30. The molecule has 4 heterocycles. The fourth-order valence-electron chi connectivity index (χ4n) is 4.82. The van der Waals surface area contributed by atoms with E-state index in [-0.39, 0.29) is 34.5 Å². The van der Waals surface area contributed by atoms with Gasteiger partial charge in [-0.3, -0.25) is 4.79 Å². The molecule has 42 heavy (non-hydrogen) atoms. The average Bonchev–Trinajstić information content (AvgIpc) is 3.57. The van der Waals surface area contributed by atoms with E-state index in [2.05, 4.69) is 15.1 Å². The first-order valence-electron chi connectivity index (χ1n) is 13.0. The van der Waals surface area contributed by atoms with Gasteiger partial charge in [0.25, 0.3) is 0 Å². The van der Waals surface area contributed by atoms with Crippen LogP contribution in [0.15, 0.2) is 60.9 Å². The summed E-state index contributed by atoms with van der Waals surface area (Å²) in [6.07, 6.45) is 2.81. The Morgan fingerprint density at radius 3 is 2.60 bits per heavy atom. The van der Waals surface area contributed by atoms with Crippen LogP contribution in [-0.2, 0) is 4.74 Å². The van der Waals surface area contributed by atoms with Crippen LogP contribution in [0, 0.1) is 12.7 Å². The van der Waals surface area contributed by atoms with Crippen molar-refractivity contribution in [3.05, 3.63) is 83.6 Å². The zero-order valence-corrected chi connectivity index (χ0v) is 22.3. The van der Waals surface area contributed by atoms with Crippen LogP contribution < -0.4 is 20.1 Å². The summed E-state index contributed by atoms with van der Waals surface area (Å²) in [5.41, 5.74) is 8.88. The molecule has 1 aliphatic heterocycles. The summed E-state index contributed by atoms with van der Waals surface area (Å²) < 4.78 is 57.5. The number of aromatic nitrogens is 4. The highest BCUT2D eigenvalue weighted by Gasteiger charge is 2.23. The molecule has 0 radical (unpaired) electrons. The lowest BCUT2D eigenvalue weighted by atomic mass is 10.1. The number of fused-ring (bicyclic) bond motifs is 1. The van der Waals surface area contributed by atoms with Crippen LogP contribution in [0.5, 0.6) is 17.4 Å². The topological polar surface area (TPSA) is 121 Å². The Morgan fingerprint density at radius 1 is 1.07 bits per heavy atom. The summed E-state index contributed by atoms with van der Waals surface area (Å²) in [5.74, 6) is -0.672. The van der Waals surface area contributed by atoms with Gasteiger partial charge in [-0.2, -0.15) is 13.9 Å². The number of morpholine rings is 1. The number of aryl methyl sites for hydroxylation is 1. The van der Waals surface area contributed by atoms with Gasteiger partial charge in [0, 0.05) is 30.1 Å². The number of rotatable bonds is 8. The number of nitrogens with one attached hydrogen (secondary N) is 1. The molecule has 5 aromatic rings. The molecule has 13 heteroatoms. The monoisotopic (exact) mass is 578 g/mol. The molecule has 2 aromatic carbocycles. The summed E-state index contributed by atoms with van der Waals surface area (Å²) in [7, 11) is 0. The maximum Gasteiger partial charge on any atom is 0.387 e. The van der Waals surface area contributed by atoms with E-state index in [9.17, 15) is 18.0 Å². The minimum Gasteiger partial charge on any atom is -0.436 e. The summed E-state index contributed by atoms with van der Waals surface area (Å²) in [4.78, 5) is 22.7. The molecule has 1 aliphatic rings. The van der Waals surface area contributed by atoms with Gasteiger partial charge in [0.05, 0.1) is 48.2 Å². The number of anilines is 2. The van der Waals surface area contributed by atoms with Gasteiger partial charge in [-0.05, 0) is 42.8 Å². The van der Waals surface area contributed by atoms with E-state index < -0.39 is 18.2 Å². The van der Waals surface area contributed by atoms with E-state index in [1.54, 1.807) is 37.3 Å². The lowest BCUT2D eigenvalue weighted by Crippen LogP contribution is -2.36. The number of hydrogen-bond donors (Lipinski definition) is 2. The van der Waals surface area contributed by atoms with Crippen molar-refractivity contribution in [2.75, 3.05) is 36.9 Å². The minimum atomic E-state index is -3.01. The molecule has 3 N–H and O–H groups in total. The molecule has 216 valence electrons. The number of aromatic amines is 1. The van der Waals surface area contributed by atoms with E-state index in [4.69, 9.17) is 19.9 Å². The molecule has 0 bridgehead atoms. The molecule has 0 spiro atoms. The zero-order chi connectivity index (χ0) is 29.4. The molecule has 3 aromatic heterocycles. The highest BCUT2D eigenvalue weighted by molar-refractivity contribution is 6.12. The number of pyridine rings is 1. The number of para-hydroxylation sites is 1. The number of hydrogen-bond acceptors (Lipinski definition) is 8. The first kappa shape index (κ1) is 27.1. The third kappa shape index (κ3) is 5.21. The molecule has 6 rings (SSSR count). The molecule has 0 unspecified atom stereocenters. The fourth-order valence-corrected chi connectivity index (χ4v) is 4.82. The average molecular weight is 579 g/mol. The first-order valence-corrected chi connectivity index (χ1v) is 13.0. The van der Waals surface area contributed by atoms with Crippen LogP contribution in [0.3, 0.4) is 0 Å². The van der Waals surface area contributed by atoms with Crippen LogP contribution >= 0.6 is 0 Å². The van der Waals surface area contributed by atoms with Crippen LogP contribution in [0.25, 0.3) is 16.6 Å². The summed E-state index contributed by atoms with van der Waals surface area (Å²) in [5, 5.41) is 4.81. The van der Waals surface area contributed by atoms with Crippen LogP contribution in [0.4, 0.5) is 24.7 Å². The number of alkyl halides is 2. The molecule has 0 aliphatic carbocycles. The van der Waals surface area contributed by atoms with Crippen LogP contribution in [0.1, 0.15) is 21.6 Å². The summed E-state index contributed by atoms with van der Waals surface area (Å²) >= 11 is 0. The second-order valence-corrected chi connectivity index (χ2v) is 9.59. The number of nitrogen functional groups attached to an aromatic ring is 1. The molecule has 10 nitrogen and oxygen atoms in total. The Kier molecular flexibility index (Phi) is 7.17. The number of ether oxygens (including phenoxy) is 3. The molecule has 1 fully saturated rings. The lowest BCUT2D eigenvalue weighted by molar-refractivity contribution is -0.0495. The maximum absolute atomic E-state index is 14.0. The van der Waals surface area contributed by atoms with E-state index >= 15 is 0 Å². The largest absolute Gasteiger partial charge is 0.436 e. The normalized spacial score (nSPS) is 13.6. The number of nitrogens with zero attached hydrogens (tertiary/aromatic N) is 4. The van der Waals surface area contributed by atoms with E-state index in [1.165, 1.54) is 35.3 Å². The highest BCUT2D eigenvalue weighted by Crippen LogP contribution is 2.36. The van der Waals surface area contributed by atoms with Crippen molar-refractivity contribution in [1.82, 2.24) is 19.7 Å². The van der Waals surface area contributed by atoms with Gasteiger partial charge in [0.15, 0.2) is 11.6 Å². The third-order valence-corrected chi connectivity index (χ3v) is 6.90. The number of H-pyrrole nitrogens is 1. The second-order valence-electron chi connectivity index (χ2n) is 9.59. The van der Waals surface area contributed by atoms with Gasteiger partial charge in [0.2, 0.25) is 11.7 Å². The molecule has 0 saturated carbocycles. The Bertz CT molecular complexity index is 1780. The summed E-state index contributed by atoms with van der Waals surface area (Å²) in [6.45, 7) is 0.707. The van der Waals surface area contributed by atoms with Crippen molar-refractivity contribution in [3.8, 4) is 23.1 Å². The number of ketones is 1. The molecular formula is C29H25F3N6O4. The number of carbonyl (C=O) groups is 1. The Balaban J connectivity index is 1.28. The van der Waals surface area contributed by atoms with Gasteiger partial charge >= 0.3 is 6.61 Å². The predicted octanol–water partition coefficient (Wildman–Crippen LogP) is 5.24. The maximum atomic E-state index is 14.0. The standard InChI is InChI=1S/C29H25F3N6O4/c1-16-10-26(41-24-5-3-2-4-19(24)30)34-15-23(16)38-28(33)18(14-35-38)27(39)21-11-17-12-25(42-29(31)32)22(13-20(17)36-21)37-6-8-40-9-7-37/h2-5,10-15,29,36H,6-9,33H2,1H3. The first-order chi connectivity index (χ1) is 20.3. The Morgan fingerprint density at radius 2 is 1.86 bits per heavy atom. The number of nitrogens with two attached hydrogens (primary N) is 1. The quantitative estimate of drug-likeness (QED) is 0.240. The zero-order valence-electron chi connectivity index (χ0n) is 22.3. The van der Waals surface area contributed by atoms with Crippen LogP contribution in [0.2, 0.25) is 0 Å². The smallest absolute Gasteiger partial charge is 0.387 e. The van der Waals surface area contributed by atoms with E-state index in [0.717, 1.165) is 0 Å². The Labute approximate surface area is 237 Å². The van der Waals surface area contributed by atoms with E-state index in [0.29, 0.717) is 54.1 Å². The van der Waals surface area contributed by atoms with Crippen molar-refractivity contribution in [1.29, 1.82) is 0 Å². The third-order valence-electron chi connectivity index (χ3n) is 6.90. The molecule has 0 amide bonds. The van der Waals surface area contributed by atoms with Crippen molar-refractivity contribution in [2.45, 2.75) is 13.5 Å². The fraction of sp³-hybridized carbons (Fsp3) is 0.207. The van der Waals surface area contributed by atoms with Crippen molar-refractivity contribution < 1.29 is 32.2 Å². The molecule has 1 saturated heterocycles. The molecular weight excluding hydrogens is 553 g/mol. The van der Waals surface area contributed by atoms with Gasteiger partial charge in [-0.1, -0.05) is 12.1 Å². The number of carbonyl (C=O) groups excluding carboxylic acids is 1. The summed E-state index contributed by atoms with van der Waals surface area (Å²) in [6, 6.07) is 12.3. The van der Waals surface area contributed by atoms with Gasteiger partial charge in [-0.25, -0.2) is 14.1 Å². The highest BCUT2D eigenvalue weighted by atomic mass is 19.3. The second kappa shape index (κ2) is 11.1. The van der Waals surface area contributed by atoms with Crippen molar-refractivity contribution in [3.63, 3.8) is 0 Å². The minimum absolute atomic E-state index is 0.00939.